The van der Waals surface area contributed by atoms with Gasteiger partial charge in [0.05, 0.1) is 0 Å². The fraction of sp³-hybridized carbons (Fsp3) is 0.412. The van der Waals surface area contributed by atoms with E-state index in [2.05, 4.69) is 5.16 Å². The smallest absolute Gasteiger partial charge is 0.248 e. The SMILES string of the molecule is Cc1noc(C)c1S(=O)(=O)N1CC[C@H](Cc2cccc(C(N)=O)c2)C1. The third-order valence-corrected chi connectivity index (χ3v) is 6.66. The topological polar surface area (TPSA) is 106 Å². The van der Waals surface area contributed by atoms with Gasteiger partial charge in [0.25, 0.3) is 0 Å². The molecule has 1 fully saturated rings. The van der Waals surface area contributed by atoms with Crippen molar-refractivity contribution in [3.63, 3.8) is 0 Å². The van der Waals surface area contributed by atoms with Gasteiger partial charge in [0.15, 0.2) is 5.76 Å². The Bertz CT molecular complexity index is 885. The Morgan fingerprint density at radius 1 is 1.40 bits per heavy atom. The molecule has 0 radical (unpaired) electrons. The average molecular weight is 363 g/mol. The molecular weight excluding hydrogens is 342 g/mol. The van der Waals surface area contributed by atoms with E-state index in [1.54, 1.807) is 32.0 Å². The Labute approximate surface area is 146 Å². The maximum atomic E-state index is 12.8. The minimum atomic E-state index is -3.60. The van der Waals surface area contributed by atoms with Gasteiger partial charge in [-0.2, -0.15) is 4.31 Å². The fourth-order valence-corrected chi connectivity index (χ4v) is 5.16. The van der Waals surface area contributed by atoms with Gasteiger partial charge in [-0.1, -0.05) is 17.3 Å². The number of carbonyl (C=O) groups is 1. The predicted octanol–water partition coefficient (Wildman–Crippen LogP) is 1.64. The number of amides is 1. The molecule has 8 heteroatoms. The minimum absolute atomic E-state index is 0.170. The van der Waals surface area contributed by atoms with E-state index in [0.717, 1.165) is 12.0 Å². The largest absolute Gasteiger partial charge is 0.366 e. The second-order valence-corrected chi connectivity index (χ2v) is 8.31. The van der Waals surface area contributed by atoms with Crippen LogP contribution in [0.4, 0.5) is 0 Å². The molecule has 2 heterocycles. The predicted molar refractivity (Wildman–Crippen MR) is 91.5 cm³/mol. The Morgan fingerprint density at radius 3 is 2.80 bits per heavy atom. The molecule has 1 atom stereocenters. The van der Waals surface area contributed by atoms with Crippen molar-refractivity contribution in [1.82, 2.24) is 9.46 Å². The van der Waals surface area contributed by atoms with E-state index in [1.807, 2.05) is 6.07 Å². The molecule has 1 saturated heterocycles. The lowest BCUT2D eigenvalue weighted by Gasteiger charge is -2.16. The highest BCUT2D eigenvalue weighted by Gasteiger charge is 2.36. The Kier molecular flexibility index (Phi) is 4.66. The van der Waals surface area contributed by atoms with Gasteiger partial charge in [0.2, 0.25) is 15.9 Å². The summed E-state index contributed by atoms with van der Waals surface area (Å²) in [5, 5.41) is 3.74. The lowest BCUT2D eigenvalue weighted by molar-refractivity contribution is 0.1000. The second-order valence-electron chi connectivity index (χ2n) is 6.44. The van der Waals surface area contributed by atoms with Crippen LogP contribution < -0.4 is 5.73 Å². The van der Waals surface area contributed by atoms with Crippen LogP contribution in [0.2, 0.25) is 0 Å². The number of nitrogens with zero attached hydrogens (tertiary/aromatic N) is 2. The van der Waals surface area contributed by atoms with Crippen molar-refractivity contribution < 1.29 is 17.7 Å². The normalized spacial score (nSPS) is 18.6. The van der Waals surface area contributed by atoms with Gasteiger partial charge in [-0.15, -0.1) is 0 Å². The van der Waals surface area contributed by atoms with Gasteiger partial charge in [-0.25, -0.2) is 8.42 Å². The maximum absolute atomic E-state index is 12.8. The molecule has 7 nitrogen and oxygen atoms in total. The Hall–Kier alpha value is -2.19. The summed E-state index contributed by atoms with van der Waals surface area (Å²) in [5.74, 6) is 0.0457. The molecule has 1 aliphatic rings. The number of nitrogens with two attached hydrogens (primary N) is 1. The number of aryl methyl sites for hydroxylation is 2. The van der Waals surface area contributed by atoms with Crippen LogP contribution in [-0.4, -0.2) is 36.9 Å². The van der Waals surface area contributed by atoms with Crippen LogP contribution in [0.5, 0.6) is 0 Å². The van der Waals surface area contributed by atoms with Gasteiger partial charge in [-0.05, 0) is 50.3 Å². The van der Waals surface area contributed by atoms with Crippen molar-refractivity contribution in [2.24, 2.45) is 11.7 Å². The molecule has 25 heavy (non-hydrogen) atoms. The van der Waals surface area contributed by atoms with Crippen LogP contribution in [0, 0.1) is 19.8 Å². The summed E-state index contributed by atoms with van der Waals surface area (Å²) in [6.45, 7) is 4.14. The van der Waals surface area contributed by atoms with Crippen LogP contribution >= 0.6 is 0 Å². The summed E-state index contributed by atoms with van der Waals surface area (Å²) >= 11 is 0. The molecule has 1 aromatic heterocycles. The number of aromatic nitrogens is 1. The number of hydrogen-bond donors (Lipinski definition) is 1. The first-order valence-corrected chi connectivity index (χ1v) is 9.55. The van der Waals surface area contributed by atoms with E-state index in [4.69, 9.17) is 10.3 Å². The van der Waals surface area contributed by atoms with E-state index in [0.29, 0.717) is 36.5 Å². The Balaban J connectivity index is 1.74. The summed E-state index contributed by atoms with van der Waals surface area (Å²) in [5.41, 5.74) is 7.15. The van der Waals surface area contributed by atoms with Gasteiger partial charge in [0.1, 0.15) is 10.6 Å². The number of rotatable bonds is 5. The first-order valence-electron chi connectivity index (χ1n) is 8.11. The second kappa shape index (κ2) is 6.61. The molecule has 0 aliphatic carbocycles. The first kappa shape index (κ1) is 17.6. The highest BCUT2D eigenvalue weighted by Crippen LogP contribution is 2.29. The van der Waals surface area contributed by atoms with Gasteiger partial charge in [-0.3, -0.25) is 4.79 Å². The van der Waals surface area contributed by atoms with Crippen molar-refractivity contribution in [2.75, 3.05) is 13.1 Å². The zero-order valence-corrected chi connectivity index (χ0v) is 15.0. The van der Waals surface area contributed by atoms with E-state index in [9.17, 15) is 13.2 Å². The van der Waals surface area contributed by atoms with Crippen molar-refractivity contribution in [3.8, 4) is 0 Å². The van der Waals surface area contributed by atoms with Crippen molar-refractivity contribution in [3.05, 3.63) is 46.8 Å². The van der Waals surface area contributed by atoms with Gasteiger partial charge in [0, 0.05) is 18.7 Å². The summed E-state index contributed by atoms with van der Waals surface area (Å²) in [7, 11) is -3.60. The van der Waals surface area contributed by atoms with E-state index in [1.165, 1.54) is 4.31 Å². The molecule has 1 aromatic carbocycles. The molecule has 2 aromatic rings. The van der Waals surface area contributed by atoms with Crippen LogP contribution in [-0.2, 0) is 16.4 Å². The summed E-state index contributed by atoms with van der Waals surface area (Å²) in [6, 6.07) is 7.17. The number of sulfonamides is 1. The fourth-order valence-electron chi connectivity index (χ4n) is 3.34. The lowest BCUT2D eigenvalue weighted by Crippen LogP contribution is -2.29. The summed E-state index contributed by atoms with van der Waals surface area (Å²) < 4.78 is 32.2. The zero-order chi connectivity index (χ0) is 18.2. The quantitative estimate of drug-likeness (QED) is 0.869. The maximum Gasteiger partial charge on any atom is 0.248 e. The van der Waals surface area contributed by atoms with Crippen molar-refractivity contribution >= 4 is 15.9 Å². The van der Waals surface area contributed by atoms with Crippen molar-refractivity contribution in [1.29, 1.82) is 0 Å². The lowest BCUT2D eigenvalue weighted by atomic mass is 9.97. The summed E-state index contributed by atoms with van der Waals surface area (Å²) in [6.07, 6.45) is 1.47. The average Bonchev–Trinajstić information content (AvgIpc) is 3.15. The number of hydrogen-bond acceptors (Lipinski definition) is 5. The van der Waals surface area contributed by atoms with Crippen LogP contribution in [0.25, 0.3) is 0 Å². The molecule has 3 rings (SSSR count). The number of benzene rings is 1. The van der Waals surface area contributed by atoms with Gasteiger partial charge >= 0.3 is 0 Å². The van der Waals surface area contributed by atoms with Crippen LogP contribution in [0.15, 0.2) is 33.7 Å². The van der Waals surface area contributed by atoms with Crippen LogP contribution in [0.3, 0.4) is 0 Å². The molecular formula is C17H21N3O4S. The monoisotopic (exact) mass is 363 g/mol. The molecule has 0 spiro atoms. The molecule has 1 amide bonds. The van der Waals surface area contributed by atoms with Gasteiger partial charge < -0.3 is 10.3 Å². The first-order chi connectivity index (χ1) is 11.8. The minimum Gasteiger partial charge on any atom is -0.366 e. The molecule has 0 saturated carbocycles. The zero-order valence-electron chi connectivity index (χ0n) is 14.2. The highest BCUT2D eigenvalue weighted by atomic mass is 32.2. The molecule has 1 aliphatic heterocycles. The standard InChI is InChI=1S/C17H21N3O4S/c1-11-16(12(2)24-19-11)25(22,23)20-7-6-14(10-20)8-13-4-3-5-15(9-13)17(18)21/h3-5,9,14H,6-8,10H2,1-2H3,(H2,18,21)/t14-/m1/s1. The summed E-state index contributed by atoms with van der Waals surface area (Å²) in [4.78, 5) is 11.5. The molecule has 2 N–H and O–H groups in total. The third kappa shape index (κ3) is 3.45. The van der Waals surface area contributed by atoms with Crippen molar-refractivity contribution in [2.45, 2.75) is 31.6 Å². The van der Waals surface area contributed by atoms with E-state index < -0.39 is 15.9 Å². The highest BCUT2D eigenvalue weighted by molar-refractivity contribution is 7.89. The van der Waals surface area contributed by atoms with E-state index in [-0.39, 0.29) is 10.8 Å². The molecule has 0 unspecified atom stereocenters. The number of carbonyl (C=O) groups excluding carboxylic acids is 1. The molecule has 134 valence electrons. The number of primary amides is 1. The van der Waals surface area contributed by atoms with E-state index >= 15 is 0 Å². The Morgan fingerprint density at radius 2 is 2.16 bits per heavy atom. The molecule has 0 bridgehead atoms. The third-order valence-electron chi connectivity index (χ3n) is 4.55. The van der Waals surface area contributed by atoms with Crippen LogP contribution in [0.1, 0.15) is 33.8 Å².